The molecule has 0 saturated carbocycles. The molecule has 4 aromatic rings. The lowest BCUT2D eigenvalue weighted by atomic mass is 10.2. The summed E-state index contributed by atoms with van der Waals surface area (Å²) < 4.78 is 4.18. The smallest absolute Gasteiger partial charge is 0.191 e. The van der Waals surface area contributed by atoms with Crippen molar-refractivity contribution in [1.82, 2.24) is 24.3 Å². The van der Waals surface area contributed by atoms with E-state index in [1.807, 2.05) is 36.6 Å². The van der Waals surface area contributed by atoms with Crippen molar-refractivity contribution in [2.75, 3.05) is 12.0 Å². The molecule has 32 heavy (non-hydrogen) atoms. The van der Waals surface area contributed by atoms with Crippen LogP contribution in [-0.2, 0) is 6.54 Å². The van der Waals surface area contributed by atoms with Gasteiger partial charge in [-0.2, -0.15) is 0 Å². The van der Waals surface area contributed by atoms with Crippen LogP contribution in [0.4, 0.5) is 0 Å². The molecule has 164 valence electrons. The van der Waals surface area contributed by atoms with Gasteiger partial charge in [0, 0.05) is 52.0 Å². The van der Waals surface area contributed by atoms with Crippen molar-refractivity contribution in [3.63, 3.8) is 0 Å². The Bertz CT molecular complexity index is 1250. The second-order valence-electron chi connectivity index (χ2n) is 7.32. The highest BCUT2D eigenvalue weighted by atomic mass is 32.2. The van der Waals surface area contributed by atoms with E-state index in [4.69, 9.17) is 0 Å². The fraction of sp³-hybridized carbons (Fsp3) is 0.250. The van der Waals surface area contributed by atoms with Crippen LogP contribution >= 0.6 is 23.5 Å². The van der Waals surface area contributed by atoms with Crippen molar-refractivity contribution < 1.29 is 4.79 Å². The maximum atomic E-state index is 13.1. The molecule has 1 aromatic carbocycles. The molecule has 3 aromatic heterocycles. The monoisotopic (exact) mass is 463 g/mol. The van der Waals surface area contributed by atoms with Gasteiger partial charge >= 0.3 is 0 Å². The largest absolute Gasteiger partial charge is 0.318 e. The van der Waals surface area contributed by atoms with Crippen LogP contribution in [0.3, 0.4) is 0 Å². The van der Waals surface area contributed by atoms with Crippen molar-refractivity contribution in [3.8, 4) is 17.1 Å². The van der Waals surface area contributed by atoms with Gasteiger partial charge in [0.15, 0.2) is 16.8 Å². The number of Topliss-reactive ketones (excluding diaryl/α,β-unsaturated/α-hetero) is 1. The molecule has 4 rings (SSSR count). The molecule has 0 radical (unpaired) electrons. The molecular weight excluding hydrogens is 438 g/mol. The molecule has 0 saturated heterocycles. The Balaban J connectivity index is 1.55. The second-order valence-corrected chi connectivity index (χ2v) is 9.14. The second kappa shape index (κ2) is 9.75. The van der Waals surface area contributed by atoms with E-state index in [2.05, 4.69) is 57.2 Å². The van der Waals surface area contributed by atoms with Crippen LogP contribution in [0.5, 0.6) is 0 Å². The summed E-state index contributed by atoms with van der Waals surface area (Å²) in [5, 5.41) is 9.43. The number of aryl methyl sites for hydroxylation is 1. The van der Waals surface area contributed by atoms with Crippen LogP contribution in [-0.4, -0.2) is 42.1 Å². The number of aromatic nitrogens is 5. The topological polar surface area (TPSA) is 65.6 Å². The van der Waals surface area contributed by atoms with Crippen LogP contribution < -0.4 is 0 Å². The Morgan fingerprint density at radius 2 is 1.84 bits per heavy atom. The summed E-state index contributed by atoms with van der Waals surface area (Å²) in [5.74, 6) is 1.19. The summed E-state index contributed by atoms with van der Waals surface area (Å²) in [6.45, 7) is 6.82. The Morgan fingerprint density at radius 3 is 2.56 bits per heavy atom. The van der Waals surface area contributed by atoms with Crippen LogP contribution in [0, 0.1) is 13.8 Å². The maximum Gasteiger partial charge on any atom is 0.191 e. The summed E-state index contributed by atoms with van der Waals surface area (Å²) in [6, 6.07) is 14.2. The zero-order valence-electron chi connectivity index (χ0n) is 18.6. The lowest BCUT2D eigenvalue weighted by Crippen LogP contribution is -2.07. The molecule has 0 bridgehead atoms. The maximum absolute atomic E-state index is 13.1. The van der Waals surface area contributed by atoms with Crippen LogP contribution in [0.2, 0.25) is 0 Å². The molecule has 0 aliphatic heterocycles. The van der Waals surface area contributed by atoms with E-state index >= 15 is 0 Å². The van der Waals surface area contributed by atoms with E-state index in [0.717, 1.165) is 45.7 Å². The molecule has 0 aliphatic rings. The molecule has 3 heterocycles. The number of carbonyl (C=O) groups is 1. The third-order valence-electron chi connectivity index (χ3n) is 5.35. The molecule has 0 atom stereocenters. The molecule has 0 N–H and O–H groups in total. The first-order chi connectivity index (χ1) is 15.5. The minimum absolute atomic E-state index is 0.0893. The van der Waals surface area contributed by atoms with E-state index in [1.165, 1.54) is 16.7 Å². The van der Waals surface area contributed by atoms with Gasteiger partial charge in [-0.1, -0.05) is 17.8 Å². The van der Waals surface area contributed by atoms with E-state index in [-0.39, 0.29) is 5.78 Å². The van der Waals surface area contributed by atoms with Gasteiger partial charge < -0.3 is 9.13 Å². The van der Waals surface area contributed by atoms with Crippen LogP contribution in [0.1, 0.15) is 28.7 Å². The van der Waals surface area contributed by atoms with E-state index in [9.17, 15) is 4.79 Å². The summed E-state index contributed by atoms with van der Waals surface area (Å²) in [5.41, 5.74) is 4.79. The number of carbonyl (C=O) groups excluding carboxylic acids is 1. The molecule has 6 nitrogen and oxygen atoms in total. The number of rotatable bonds is 8. The Hall–Kier alpha value is -2.84. The first-order valence-corrected chi connectivity index (χ1v) is 12.6. The molecule has 8 heteroatoms. The number of thioether (sulfide) groups is 2. The van der Waals surface area contributed by atoms with Crippen molar-refractivity contribution in [2.24, 2.45) is 0 Å². The first kappa shape index (κ1) is 22.4. The lowest BCUT2D eigenvalue weighted by molar-refractivity contribution is 0.102. The van der Waals surface area contributed by atoms with E-state index in [0.29, 0.717) is 5.75 Å². The zero-order chi connectivity index (χ0) is 22.7. The Labute approximate surface area is 196 Å². The fourth-order valence-corrected chi connectivity index (χ4v) is 5.13. The SMILES string of the molecule is CCn1c(SCC(=O)c2cc(C)n(-c3cccc(SC)c3)c2C)nnc1-c1ccncc1. The molecular formula is C24H25N5OS2. The van der Waals surface area contributed by atoms with Gasteiger partial charge in [0.25, 0.3) is 0 Å². The van der Waals surface area contributed by atoms with Gasteiger partial charge in [-0.05, 0) is 63.4 Å². The van der Waals surface area contributed by atoms with Crippen LogP contribution in [0.15, 0.2) is 64.9 Å². The molecule has 0 aliphatic carbocycles. The average molecular weight is 464 g/mol. The highest BCUT2D eigenvalue weighted by Crippen LogP contribution is 2.27. The van der Waals surface area contributed by atoms with Gasteiger partial charge in [-0.3, -0.25) is 9.78 Å². The van der Waals surface area contributed by atoms with Gasteiger partial charge in [0.05, 0.1) is 5.75 Å². The van der Waals surface area contributed by atoms with Crippen LogP contribution in [0.25, 0.3) is 17.1 Å². The molecule has 0 unspecified atom stereocenters. The Morgan fingerprint density at radius 1 is 1.06 bits per heavy atom. The number of benzene rings is 1. The average Bonchev–Trinajstić information content (AvgIpc) is 3.37. The molecule has 0 amide bonds. The standard InChI is InChI=1S/C24H25N5OS2/c1-5-28-23(18-9-11-25-12-10-18)26-27-24(28)32-15-22(30)21-13-16(2)29(17(21)3)19-7-6-8-20(14-19)31-4/h6-14H,5,15H2,1-4H3. The van der Waals surface area contributed by atoms with E-state index < -0.39 is 0 Å². The van der Waals surface area contributed by atoms with Gasteiger partial charge in [0.1, 0.15) is 0 Å². The summed E-state index contributed by atoms with van der Waals surface area (Å²) in [6.07, 6.45) is 5.55. The summed E-state index contributed by atoms with van der Waals surface area (Å²) >= 11 is 3.14. The number of hydrogen-bond donors (Lipinski definition) is 0. The molecule has 0 fully saturated rings. The van der Waals surface area contributed by atoms with Crippen molar-refractivity contribution in [3.05, 3.63) is 71.8 Å². The van der Waals surface area contributed by atoms with Crippen molar-refractivity contribution >= 4 is 29.3 Å². The fourth-order valence-electron chi connectivity index (χ4n) is 3.79. The normalized spacial score (nSPS) is 11.1. The first-order valence-electron chi connectivity index (χ1n) is 10.4. The third kappa shape index (κ3) is 4.38. The zero-order valence-corrected chi connectivity index (χ0v) is 20.2. The quantitative estimate of drug-likeness (QED) is 0.255. The minimum Gasteiger partial charge on any atom is -0.318 e. The summed E-state index contributed by atoms with van der Waals surface area (Å²) in [4.78, 5) is 18.4. The van der Waals surface area contributed by atoms with E-state index in [1.54, 1.807) is 24.2 Å². The minimum atomic E-state index is 0.0893. The number of ketones is 1. The number of hydrogen-bond acceptors (Lipinski definition) is 6. The van der Waals surface area contributed by atoms with Crippen molar-refractivity contribution in [1.29, 1.82) is 0 Å². The van der Waals surface area contributed by atoms with Gasteiger partial charge in [-0.15, -0.1) is 22.0 Å². The highest BCUT2D eigenvalue weighted by molar-refractivity contribution is 7.99. The third-order valence-corrected chi connectivity index (χ3v) is 7.04. The predicted molar refractivity (Wildman–Crippen MR) is 131 cm³/mol. The number of pyridine rings is 1. The Kier molecular flexibility index (Phi) is 6.81. The number of nitrogens with zero attached hydrogens (tertiary/aromatic N) is 5. The lowest BCUT2D eigenvalue weighted by Gasteiger charge is -2.11. The predicted octanol–water partition coefficient (Wildman–Crippen LogP) is 5.46. The van der Waals surface area contributed by atoms with Crippen molar-refractivity contribution in [2.45, 2.75) is 37.4 Å². The van der Waals surface area contributed by atoms with Gasteiger partial charge in [0.2, 0.25) is 0 Å². The highest BCUT2D eigenvalue weighted by Gasteiger charge is 2.19. The van der Waals surface area contributed by atoms with Gasteiger partial charge in [-0.25, -0.2) is 0 Å². The molecule has 0 spiro atoms. The summed E-state index contributed by atoms with van der Waals surface area (Å²) in [7, 11) is 0.